The van der Waals surface area contributed by atoms with Crippen LogP contribution in [-0.2, 0) is 11.5 Å². The van der Waals surface area contributed by atoms with E-state index in [1.54, 1.807) is 36.8 Å². The van der Waals surface area contributed by atoms with E-state index in [1.165, 1.54) is 0 Å². The number of carboxylic acid groups (broad SMARTS) is 1. The van der Waals surface area contributed by atoms with Crippen LogP contribution in [0.4, 0.5) is 0 Å². The van der Waals surface area contributed by atoms with E-state index in [0.29, 0.717) is 6.73 Å². The summed E-state index contributed by atoms with van der Waals surface area (Å²) in [6.07, 6.45) is 3.49. The van der Waals surface area contributed by atoms with Crippen molar-refractivity contribution in [1.29, 1.82) is 0 Å². The molecular formula is C16H22N2O3Si. The van der Waals surface area contributed by atoms with Gasteiger partial charge in [-0.3, -0.25) is 0 Å². The molecule has 5 nitrogen and oxygen atoms in total. The van der Waals surface area contributed by atoms with Crippen LogP contribution in [0.25, 0.3) is 11.3 Å². The van der Waals surface area contributed by atoms with Gasteiger partial charge in [-0.05, 0) is 23.7 Å². The Bertz CT molecular complexity index is 630. The number of aromatic nitrogens is 2. The number of rotatable bonds is 7. The zero-order valence-electron chi connectivity index (χ0n) is 13.2. The first-order chi connectivity index (χ1) is 10.4. The molecule has 118 valence electrons. The van der Waals surface area contributed by atoms with Crippen molar-refractivity contribution in [2.45, 2.75) is 32.4 Å². The van der Waals surface area contributed by atoms with Gasteiger partial charge in [0.2, 0.25) is 0 Å². The van der Waals surface area contributed by atoms with Gasteiger partial charge in [0.15, 0.2) is 0 Å². The van der Waals surface area contributed by atoms with Crippen molar-refractivity contribution in [3.63, 3.8) is 0 Å². The van der Waals surface area contributed by atoms with Gasteiger partial charge in [0, 0.05) is 14.7 Å². The molecule has 0 fully saturated rings. The highest BCUT2D eigenvalue weighted by Crippen LogP contribution is 2.20. The van der Waals surface area contributed by atoms with Gasteiger partial charge in [-0.25, -0.2) is 9.78 Å². The quantitative estimate of drug-likeness (QED) is 0.626. The number of carbonyl (C=O) groups is 1. The first-order valence-electron chi connectivity index (χ1n) is 7.28. The van der Waals surface area contributed by atoms with E-state index in [4.69, 9.17) is 9.84 Å². The van der Waals surface area contributed by atoms with Gasteiger partial charge in [0.25, 0.3) is 0 Å². The van der Waals surface area contributed by atoms with Crippen molar-refractivity contribution in [2.24, 2.45) is 0 Å². The molecule has 0 atom stereocenters. The highest BCUT2D eigenvalue weighted by atomic mass is 28.3. The zero-order chi connectivity index (χ0) is 16.2. The van der Waals surface area contributed by atoms with Crippen molar-refractivity contribution in [3.05, 3.63) is 42.4 Å². The third kappa shape index (κ3) is 4.54. The van der Waals surface area contributed by atoms with Crippen LogP contribution in [0.2, 0.25) is 25.7 Å². The number of imidazole rings is 1. The number of carboxylic acids is 1. The maximum Gasteiger partial charge on any atom is 0.335 e. The predicted molar refractivity (Wildman–Crippen MR) is 88.7 cm³/mol. The average Bonchev–Trinajstić information content (AvgIpc) is 2.91. The average molecular weight is 318 g/mol. The van der Waals surface area contributed by atoms with Crippen molar-refractivity contribution in [3.8, 4) is 11.3 Å². The van der Waals surface area contributed by atoms with Gasteiger partial charge in [-0.15, -0.1) is 0 Å². The molecule has 2 rings (SSSR count). The SMILES string of the molecule is C[Si](C)(C)CCOCn1cncc1-c1ccc(C(=O)O)cc1. The molecule has 1 heterocycles. The highest BCUT2D eigenvalue weighted by molar-refractivity contribution is 6.76. The Morgan fingerprint density at radius 1 is 1.27 bits per heavy atom. The van der Waals surface area contributed by atoms with E-state index in [-0.39, 0.29) is 5.56 Å². The second kappa shape index (κ2) is 6.89. The lowest BCUT2D eigenvalue weighted by atomic mass is 10.1. The molecule has 2 aromatic rings. The Hall–Kier alpha value is -1.92. The molecule has 0 aliphatic carbocycles. The summed E-state index contributed by atoms with van der Waals surface area (Å²) >= 11 is 0. The topological polar surface area (TPSA) is 64.4 Å². The molecular weight excluding hydrogens is 296 g/mol. The van der Waals surface area contributed by atoms with Crippen LogP contribution in [0.3, 0.4) is 0 Å². The summed E-state index contributed by atoms with van der Waals surface area (Å²) in [6, 6.07) is 7.91. The lowest BCUT2D eigenvalue weighted by Gasteiger charge is -2.16. The smallest absolute Gasteiger partial charge is 0.335 e. The Morgan fingerprint density at radius 2 is 1.95 bits per heavy atom. The van der Waals surface area contributed by atoms with Gasteiger partial charge >= 0.3 is 5.97 Å². The van der Waals surface area contributed by atoms with Gasteiger partial charge in [0.05, 0.1) is 23.8 Å². The van der Waals surface area contributed by atoms with Crippen LogP contribution in [0, 0.1) is 0 Å². The molecule has 22 heavy (non-hydrogen) atoms. The van der Waals surface area contributed by atoms with Gasteiger partial charge in [0.1, 0.15) is 6.73 Å². The lowest BCUT2D eigenvalue weighted by Crippen LogP contribution is -2.22. The number of nitrogens with zero attached hydrogens (tertiary/aromatic N) is 2. The minimum Gasteiger partial charge on any atom is -0.478 e. The van der Waals surface area contributed by atoms with Crippen LogP contribution in [0.5, 0.6) is 0 Å². The van der Waals surface area contributed by atoms with E-state index in [0.717, 1.165) is 23.9 Å². The predicted octanol–water partition coefficient (Wildman–Crippen LogP) is 3.56. The van der Waals surface area contributed by atoms with Crippen LogP contribution in [-0.4, -0.2) is 35.3 Å². The molecule has 1 aromatic heterocycles. The van der Waals surface area contributed by atoms with E-state index in [2.05, 4.69) is 24.6 Å². The van der Waals surface area contributed by atoms with Crippen molar-refractivity contribution < 1.29 is 14.6 Å². The summed E-state index contributed by atoms with van der Waals surface area (Å²) in [5.74, 6) is -0.922. The molecule has 1 N–H and O–H groups in total. The van der Waals surface area contributed by atoms with Gasteiger partial charge in [-0.1, -0.05) is 31.8 Å². The Morgan fingerprint density at radius 3 is 2.55 bits per heavy atom. The standard InChI is InChI=1S/C16H22N2O3Si/c1-22(2,3)9-8-21-12-18-11-17-10-15(18)13-4-6-14(7-5-13)16(19)20/h4-7,10-11H,8-9,12H2,1-3H3,(H,19,20). The second-order valence-corrected chi connectivity index (χ2v) is 12.1. The van der Waals surface area contributed by atoms with Crippen molar-refractivity contribution >= 4 is 14.0 Å². The number of benzene rings is 1. The lowest BCUT2D eigenvalue weighted by molar-refractivity contribution is 0.0697. The zero-order valence-corrected chi connectivity index (χ0v) is 14.2. The second-order valence-electron chi connectivity index (χ2n) is 6.48. The molecule has 0 bridgehead atoms. The molecule has 0 radical (unpaired) electrons. The number of hydrogen-bond donors (Lipinski definition) is 1. The first kappa shape index (κ1) is 16.4. The van der Waals surface area contributed by atoms with E-state index in [1.807, 2.05) is 4.57 Å². The Kier molecular flexibility index (Phi) is 5.15. The fourth-order valence-corrected chi connectivity index (χ4v) is 2.75. The van der Waals surface area contributed by atoms with Crippen molar-refractivity contribution in [1.82, 2.24) is 9.55 Å². The minimum atomic E-state index is -1.08. The van der Waals surface area contributed by atoms with Crippen LogP contribution in [0.1, 0.15) is 10.4 Å². The monoisotopic (exact) mass is 318 g/mol. The Balaban J connectivity index is 2.01. The summed E-state index contributed by atoms with van der Waals surface area (Å²) < 4.78 is 7.67. The Labute approximate surface area is 131 Å². The molecule has 6 heteroatoms. The van der Waals surface area contributed by atoms with E-state index < -0.39 is 14.0 Å². The van der Waals surface area contributed by atoms with Gasteiger partial charge in [-0.2, -0.15) is 0 Å². The minimum absolute atomic E-state index is 0.279. The summed E-state index contributed by atoms with van der Waals surface area (Å²) in [4.78, 5) is 15.0. The maximum atomic E-state index is 10.9. The molecule has 0 aliphatic rings. The molecule has 0 aliphatic heterocycles. The van der Waals surface area contributed by atoms with Crippen LogP contribution < -0.4 is 0 Å². The summed E-state index contributed by atoms with van der Waals surface area (Å²) in [7, 11) is -1.08. The fourth-order valence-electron chi connectivity index (χ4n) is 1.99. The molecule has 1 aromatic carbocycles. The maximum absolute atomic E-state index is 10.9. The van der Waals surface area contributed by atoms with E-state index in [9.17, 15) is 4.79 Å². The van der Waals surface area contributed by atoms with Crippen LogP contribution >= 0.6 is 0 Å². The largest absolute Gasteiger partial charge is 0.478 e. The van der Waals surface area contributed by atoms with Gasteiger partial charge < -0.3 is 14.4 Å². The van der Waals surface area contributed by atoms with E-state index >= 15 is 0 Å². The number of hydrogen-bond acceptors (Lipinski definition) is 3. The molecule has 0 saturated carbocycles. The summed E-state index contributed by atoms with van der Waals surface area (Å²) in [5, 5.41) is 8.94. The van der Waals surface area contributed by atoms with Crippen molar-refractivity contribution in [2.75, 3.05) is 6.61 Å². The highest BCUT2D eigenvalue weighted by Gasteiger charge is 2.12. The molecule has 0 spiro atoms. The summed E-state index contributed by atoms with van der Waals surface area (Å²) in [6.45, 7) is 8.18. The first-order valence-corrected chi connectivity index (χ1v) is 11.0. The normalized spacial score (nSPS) is 11.6. The number of aromatic carboxylic acids is 1. The summed E-state index contributed by atoms with van der Waals surface area (Å²) in [5.41, 5.74) is 2.13. The molecule has 0 unspecified atom stereocenters. The third-order valence-corrected chi connectivity index (χ3v) is 5.07. The van der Waals surface area contributed by atoms with Crippen LogP contribution in [0.15, 0.2) is 36.8 Å². The third-order valence-electron chi connectivity index (χ3n) is 3.37. The molecule has 0 saturated heterocycles. The fraction of sp³-hybridized carbons (Fsp3) is 0.375. The number of ether oxygens (including phenoxy) is 1. The molecule has 0 amide bonds.